The number of amides is 1. The summed E-state index contributed by atoms with van der Waals surface area (Å²) in [4.78, 5) is 23.8. The maximum absolute atomic E-state index is 11.9. The maximum atomic E-state index is 11.9. The van der Waals surface area contributed by atoms with Crippen molar-refractivity contribution in [2.75, 3.05) is 6.54 Å². The number of benzene rings is 1. The predicted octanol–water partition coefficient (Wildman–Crippen LogP) is 2.49. The van der Waals surface area contributed by atoms with Gasteiger partial charge in [-0.25, -0.2) is 4.79 Å². The van der Waals surface area contributed by atoms with Gasteiger partial charge in [0.15, 0.2) is 6.10 Å². The monoisotopic (exact) mass is 301 g/mol. The highest BCUT2D eigenvalue weighted by Crippen LogP contribution is 2.11. The van der Waals surface area contributed by atoms with Gasteiger partial charge < -0.3 is 14.5 Å². The summed E-state index contributed by atoms with van der Waals surface area (Å²) in [6, 6.07) is 11.4. The number of ether oxygens (including phenoxy) is 1. The minimum atomic E-state index is -0.849. The van der Waals surface area contributed by atoms with Crippen molar-refractivity contribution in [3.63, 3.8) is 0 Å². The van der Waals surface area contributed by atoms with E-state index >= 15 is 0 Å². The van der Waals surface area contributed by atoms with Crippen molar-refractivity contribution < 1.29 is 18.7 Å². The summed E-state index contributed by atoms with van der Waals surface area (Å²) >= 11 is 0. The summed E-state index contributed by atoms with van der Waals surface area (Å²) in [6.07, 6.45) is 1.29. The molecule has 5 nitrogen and oxygen atoms in total. The third kappa shape index (κ3) is 4.22. The number of carbonyl (C=O) groups excluding carboxylic acids is 2. The fourth-order valence-electron chi connectivity index (χ4n) is 1.99. The fourth-order valence-corrected chi connectivity index (χ4v) is 1.99. The molecule has 0 aliphatic carbocycles. The number of furan rings is 1. The first-order chi connectivity index (χ1) is 10.6. The van der Waals surface area contributed by atoms with Crippen LogP contribution in [-0.2, 0) is 16.0 Å². The Morgan fingerprint density at radius 1 is 1.23 bits per heavy atom. The van der Waals surface area contributed by atoms with Gasteiger partial charge in [-0.05, 0) is 31.9 Å². The van der Waals surface area contributed by atoms with Crippen molar-refractivity contribution >= 4 is 11.9 Å². The van der Waals surface area contributed by atoms with Gasteiger partial charge in [-0.2, -0.15) is 0 Å². The van der Waals surface area contributed by atoms with E-state index in [0.29, 0.717) is 17.9 Å². The van der Waals surface area contributed by atoms with Crippen LogP contribution < -0.4 is 5.32 Å². The molecule has 0 bridgehead atoms. The first-order valence-electron chi connectivity index (χ1n) is 7.14. The number of aryl methyl sites for hydroxylation is 1. The Bertz CT molecular complexity index is 633. The van der Waals surface area contributed by atoms with Crippen molar-refractivity contribution in [2.24, 2.45) is 0 Å². The van der Waals surface area contributed by atoms with Crippen LogP contribution in [0.25, 0.3) is 0 Å². The lowest BCUT2D eigenvalue weighted by Gasteiger charge is -2.13. The van der Waals surface area contributed by atoms with Crippen LogP contribution in [0.2, 0.25) is 0 Å². The Balaban J connectivity index is 1.77. The van der Waals surface area contributed by atoms with Crippen molar-refractivity contribution in [1.29, 1.82) is 0 Å². The molecule has 0 saturated carbocycles. The van der Waals surface area contributed by atoms with Crippen LogP contribution in [0, 0.1) is 6.92 Å². The largest absolute Gasteiger partial charge is 0.469 e. The zero-order chi connectivity index (χ0) is 15.9. The Kier molecular flexibility index (Phi) is 5.36. The molecule has 1 N–H and O–H groups in total. The number of esters is 1. The molecule has 0 radical (unpaired) electrons. The second kappa shape index (κ2) is 7.45. The fraction of sp³-hybridized carbons (Fsp3) is 0.294. The molecule has 2 rings (SSSR count). The van der Waals surface area contributed by atoms with Gasteiger partial charge in [-0.1, -0.05) is 30.3 Å². The molecule has 1 amide bonds. The smallest absolute Gasteiger partial charge is 0.342 e. The molecule has 22 heavy (non-hydrogen) atoms. The average molecular weight is 301 g/mol. The number of carbonyl (C=O) groups is 2. The van der Waals surface area contributed by atoms with Crippen molar-refractivity contribution in [1.82, 2.24) is 5.32 Å². The molecule has 0 aliphatic rings. The highest BCUT2D eigenvalue weighted by Gasteiger charge is 2.20. The van der Waals surface area contributed by atoms with Crippen LogP contribution in [0.4, 0.5) is 0 Å². The van der Waals surface area contributed by atoms with E-state index < -0.39 is 12.1 Å². The van der Waals surface area contributed by atoms with Gasteiger partial charge in [0.05, 0.1) is 6.26 Å². The van der Waals surface area contributed by atoms with Crippen molar-refractivity contribution in [2.45, 2.75) is 26.4 Å². The number of hydrogen-bond acceptors (Lipinski definition) is 4. The van der Waals surface area contributed by atoms with Gasteiger partial charge in [0, 0.05) is 6.54 Å². The summed E-state index contributed by atoms with van der Waals surface area (Å²) in [5, 5.41) is 2.76. The summed E-state index contributed by atoms with van der Waals surface area (Å²) in [7, 11) is 0. The normalized spacial score (nSPS) is 11.7. The first-order valence-corrected chi connectivity index (χ1v) is 7.14. The summed E-state index contributed by atoms with van der Waals surface area (Å²) < 4.78 is 10.2. The van der Waals surface area contributed by atoms with E-state index in [1.807, 2.05) is 30.3 Å². The minimum Gasteiger partial charge on any atom is -0.469 e. The molecular weight excluding hydrogens is 282 g/mol. The lowest BCUT2D eigenvalue weighted by atomic mass is 10.1. The number of rotatable bonds is 6. The third-order valence-electron chi connectivity index (χ3n) is 3.29. The topological polar surface area (TPSA) is 68.5 Å². The Hall–Kier alpha value is -2.56. The van der Waals surface area contributed by atoms with E-state index in [0.717, 1.165) is 12.0 Å². The summed E-state index contributed by atoms with van der Waals surface area (Å²) in [5.74, 6) is -0.399. The summed E-state index contributed by atoms with van der Waals surface area (Å²) in [5.41, 5.74) is 1.48. The Morgan fingerprint density at radius 3 is 2.59 bits per heavy atom. The molecule has 2 aromatic rings. The number of hydrogen-bond donors (Lipinski definition) is 1. The average Bonchev–Trinajstić information content (AvgIpc) is 2.94. The molecule has 1 aromatic carbocycles. The van der Waals surface area contributed by atoms with Crippen LogP contribution in [0.5, 0.6) is 0 Å². The van der Waals surface area contributed by atoms with Crippen LogP contribution >= 0.6 is 0 Å². The van der Waals surface area contributed by atoms with Crippen LogP contribution in [0.1, 0.15) is 28.6 Å². The van der Waals surface area contributed by atoms with E-state index in [-0.39, 0.29) is 5.91 Å². The molecule has 1 atom stereocenters. The van der Waals surface area contributed by atoms with E-state index in [2.05, 4.69) is 5.32 Å². The van der Waals surface area contributed by atoms with Crippen LogP contribution in [0.3, 0.4) is 0 Å². The first kappa shape index (κ1) is 15.8. The van der Waals surface area contributed by atoms with E-state index in [9.17, 15) is 9.59 Å². The SMILES string of the molecule is Cc1occc1C(=O)O[C@@H](C)C(=O)NCCc1ccccc1. The van der Waals surface area contributed by atoms with Gasteiger partial charge in [-0.15, -0.1) is 0 Å². The van der Waals surface area contributed by atoms with Gasteiger partial charge in [-0.3, -0.25) is 4.79 Å². The zero-order valence-electron chi connectivity index (χ0n) is 12.7. The highest BCUT2D eigenvalue weighted by molar-refractivity contribution is 5.92. The van der Waals surface area contributed by atoms with E-state index in [4.69, 9.17) is 9.15 Å². The Morgan fingerprint density at radius 2 is 1.95 bits per heavy atom. The Labute approximate surface area is 129 Å². The van der Waals surface area contributed by atoms with Crippen molar-refractivity contribution in [3.05, 3.63) is 59.5 Å². The molecule has 1 heterocycles. The van der Waals surface area contributed by atoms with E-state index in [1.54, 1.807) is 13.8 Å². The lowest BCUT2D eigenvalue weighted by molar-refractivity contribution is -0.129. The molecule has 1 aromatic heterocycles. The quantitative estimate of drug-likeness (QED) is 0.832. The highest BCUT2D eigenvalue weighted by atomic mass is 16.5. The van der Waals surface area contributed by atoms with E-state index in [1.165, 1.54) is 12.3 Å². The minimum absolute atomic E-state index is 0.314. The molecule has 0 unspecified atom stereocenters. The zero-order valence-corrected chi connectivity index (χ0v) is 12.7. The molecule has 0 fully saturated rings. The van der Waals surface area contributed by atoms with Gasteiger partial charge >= 0.3 is 5.97 Å². The van der Waals surface area contributed by atoms with Crippen molar-refractivity contribution in [3.8, 4) is 0 Å². The van der Waals surface area contributed by atoms with Crippen LogP contribution in [0.15, 0.2) is 47.1 Å². The molecule has 0 saturated heterocycles. The lowest BCUT2D eigenvalue weighted by Crippen LogP contribution is -2.36. The summed E-state index contributed by atoms with van der Waals surface area (Å²) in [6.45, 7) is 3.71. The second-order valence-corrected chi connectivity index (χ2v) is 4.96. The second-order valence-electron chi connectivity index (χ2n) is 4.96. The van der Waals surface area contributed by atoms with Gasteiger partial charge in [0.2, 0.25) is 0 Å². The third-order valence-corrected chi connectivity index (χ3v) is 3.29. The molecule has 5 heteroatoms. The van der Waals surface area contributed by atoms with Gasteiger partial charge in [0.1, 0.15) is 11.3 Å². The van der Waals surface area contributed by atoms with Gasteiger partial charge in [0.25, 0.3) is 5.91 Å². The standard InChI is InChI=1S/C17H19NO4/c1-12-15(9-11-21-12)17(20)22-13(2)16(19)18-10-8-14-6-4-3-5-7-14/h3-7,9,11,13H,8,10H2,1-2H3,(H,18,19)/t13-/m0/s1. The van der Waals surface area contributed by atoms with Crippen LogP contribution in [-0.4, -0.2) is 24.5 Å². The maximum Gasteiger partial charge on any atom is 0.342 e. The molecule has 0 spiro atoms. The number of nitrogens with one attached hydrogen (secondary N) is 1. The predicted molar refractivity (Wildman–Crippen MR) is 81.5 cm³/mol. The molecule has 116 valence electrons. The molecular formula is C17H19NO4. The molecule has 0 aliphatic heterocycles.